The zero-order chi connectivity index (χ0) is 26.5. The smallest absolute Gasteiger partial charge is 0.426 e. The van der Waals surface area contributed by atoms with Crippen molar-refractivity contribution in [2.75, 3.05) is 13.2 Å². The second-order valence-corrected chi connectivity index (χ2v) is 8.95. The number of hydrazine groups is 1. The van der Waals surface area contributed by atoms with Gasteiger partial charge in [0.15, 0.2) is 13.2 Å². The number of hydrogen-bond donors (Lipinski definition) is 4. The van der Waals surface area contributed by atoms with Gasteiger partial charge in [0.05, 0.1) is 0 Å². The summed E-state index contributed by atoms with van der Waals surface area (Å²) in [5, 5.41) is 5.85. The van der Waals surface area contributed by atoms with Crippen LogP contribution in [0.3, 0.4) is 0 Å². The second kappa shape index (κ2) is 11.1. The molecule has 2 aromatic rings. The van der Waals surface area contributed by atoms with Gasteiger partial charge in [0.1, 0.15) is 11.5 Å². The normalized spacial score (nSPS) is 20.3. The number of alkyl halides is 3. The molecule has 0 aromatic heterocycles. The summed E-state index contributed by atoms with van der Waals surface area (Å²) < 4.78 is 50.3. The van der Waals surface area contributed by atoms with E-state index in [0.29, 0.717) is 31.4 Å². The average molecular weight is 517 g/mol. The summed E-state index contributed by atoms with van der Waals surface area (Å²) in [6, 6.07) is 12.2. The lowest BCUT2D eigenvalue weighted by Gasteiger charge is -2.29. The van der Waals surface area contributed by atoms with Crippen LogP contribution < -0.4 is 31.0 Å². The molecule has 11 heteroatoms. The summed E-state index contributed by atoms with van der Waals surface area (Å²) in [4.78, 5) is 24.5. The molecule has 1 aliphatic heterocycles. The molecule has 2 amide bonds. The molecule has 4 rings (SSSR count). The highest BCUT2D eigenvalue weighted by atomic mass is 19.4. The molecular weight excluding hydrogens is 489 g/mol. The van der Waals surface area contributed by atoms with Crippen molar-refractivity contribution < 1.29 is 32.2 Å². The van der Waals surface area contributed by atoms with Crippen molar-refractivity contribution in [3.8, 4) is 23.8 Å². The number of nitrogens with one attached hydrogen (secondary N) is 4. The summed E-state index contributed by atoms with van der Waals surface area (Å²) in [5.74, 6) is 2.82. The summed E-state index contributed by atoms with van der Waals surface area (Å²) >= 11 is 0. The van der Waals surface area contributed by atoms with Gasteiger partial charge in [-0.05, 0) is 67.6 Å². The fourth-order valence-electron chi connectivity index (χ4n) is 4.18. The molecule has 1 heterocycles. The molecule has 2 fully saturated rings. The maximum atomic E-state index is 13.1. The van der Waals surface area contributed by atoms with Crippen LogP contribution in [0.25, 0.3) is 0 Å². The first-order valence-electron chi connectivity index (χ1n) is 11.8. The Hall–Kier alpha value is -3.75. The summed E-state index contributed by atoms with van der Waals surface area (Å²) in [6.07, 6.45) is 3.63. The molecule has 0 atom stereocenters. The Bertz CT molecular complexity index is 1130. The molecule has 0 spiro atoms. The molecule has 1 aliphatic carbocycles. The zero-order valence-electron chi connectivity index (χ0n) is 19.9. The number of terminal acetylenes is 1. The predicted molar refractivity (Wildman–Crippen MR) is 128 cm³/mol. The highest BCUT2D eigenvalue weighted by molar-refractivity contribution is 5.78. The minimum Gasteiger partial charge on any atom is -0.484 e. The van der Waals surface area contributed by atoms with Crippen molar-refractivity contribution in [1.82, 2.24) is 21.5 Å². The maximum Gasteiger partial charge on any atom is 0.426 e. The number of benzene rings is 2. The van der Waals surface area contributed by atoms with E-state index in [1.807, 2.05) is 0 Å². The molecule has 2 aliphatic rings. The van der Waals surface area contributed by atoms with Gasteiger partial charge in [-0.3, -0.25) is 9.59 Å². The summed E-state index contributed by atoms with van der Waals surface area (Å²) in [5.41, 5.74) is 2.77. The van der Waals surface area contributed by atoms with Crippen LogP contribution in [0.2, 0.25) is 0 Å². The lowest BCUT2D eigenvalue weighted by Crippen LogP contribution is -2.45. The van der Waals surface area contributed by atoms with Gasteiger partial charge in [0, 0.05) is 17.6 Å². The van der Waals surface area contributed by atoms with Crippen molar-refractivity contribution in [2.45, 2.75) is 49.6 Å². The highest BCUT2D eigenvalue weighted by Crippen LogP contribution is 2.42. The molecule has 8 nitrogen and oxygen atoms in total. The number of hydrogen-bond acceptors (Lipinski definition) is 6. The van der Waals surface area contributed by atoms with Crippen molar-refractivity contribution in [2.24, 2.45) is 0 Å². The third kappa shape index (κ3) is 6.72. The van der Waals surface area contributed by atoms with Crippen molar-refractivity contribution in [1.29, 1.82) is 0 Å². The Morgan fingerprint density at radius 3 is 1.68 bits per heavy atom. The fourth-order valence-corrected chi connectivity index (χ4v) is 4.18. The van der Waals surface area contributed by atoms with Gasteiger partial charge >= 0.3 is 6.18 Å². The Morgan fingerprint density at radius 1 is 0.865 bits per heavy atom. The van der Waals surface area contributed by atoms with E-state index in [9.17, 15) is 22.8 Å². The molecule has 1 saturated carbocycles. The molecule has 1 saturated heterocycles. The first-order valence-corrected chi connectivity index (χ1v) is 11.8. The molecular formula is C26H27F3N4O4. The van der Waals surface area contributed by atoms with Crippen LogP contribution in [0.5, 0.6) is 11.5 Å². The van der Waals surface area contributed by atoms with Crippen molar-refractivity contribution in [3.63, 3.8) is 0 Å². The Morgan fingerprint density at radius 2 is 1.30 bits per heavy atom. The Kier molecular flexibility index (Phi) is 7.90. The first-order chi connectivity index (χ1) is 17.7. The van der Waals surface area contributed by atoms with E-state index < -0.39 is 11.8 Å². The quantitative estimate of drug-likeness (QED) is 0.300. The number of carbonyl (C=O) groups excluding carboxylic acids is 2. The Balaban J connectivity index is 1.12. The maximum absolute atomic E-state index is 13.1. The molecule has 37 heavy (non-hydrogen) atoms. The van der Waals surface area contributed by atoms with Gasteiger partial charge in [-0.25, -0.2) is 10.9 Å². The van der Waals surface area contributed by atoms with E-state index in [4.69, 9.17) is 15.9 Å². The van der Waals surface area contributed by atoms with Crippen LogP contribution in [-0.2, 0) is 15.3 Å². The van der Waals surface area contributed by atoms with Gasteiger partial charge < -0.3 is 20.1 Å². The number of carbonyl (C=O) groups is 2. The Labute approximate surface area is 212 Å². The number of amides is 2. The van der Waals surface area contributed by atoms with Gasteiger partial charge in [-0.2, -0.15) is 13.2 Å². The van der Waals surface area contributed by atoms with E-state index in [2.05, 4.69) is 27.4 Å². The van der Waals surface area contributed by atoms with E-state index in [0.717, 1.165) is 5.56 Å². The number of halogens is 3. The topological polar surface area (TPSA) is 121 Å². The van der Waals surface area contributed by atoms with Gasteiger partial charge in [-0.1, -0.05) is 18.1 Å². The third-order valence-electron chi connectivity index (χ3n) is 6.31. The fraction of sp³-hybridized carbons (Fsp3) is 0.385. The SMILES string of the molecule is C#Cc1ccc(OCC(=O)NC2CCC(NC(=O)COc3ccc(C4(C(F)(F)F)NN4)cc3)CC2)cc1. The van der Waals surface area contributed by atoms with Crippen LogP contribution in [0, 0.1) is 12.3 Å². The average Bonchev–Trinajstić information content (AvgIpc) is 3.71. The van der Waals surface area contributed by atoms with Crippen LogP contribution in [0.4, 0.5) is 13.2 Å². The summed E-state index contributed by atoms with van der Waals surface area (Å²) in [7, 11) is 0. The van der Waals surface area contributed by atoms with E-state index in [-0.39, 0.29) is 48.4 Å². The molecule has 2 aromatic carbocycles. The molecule has 4 N–H and O–H groups in total. The summed E-state index contributed by atoms with van der Waals surface area (Å²) in [6.45, 7) is -0.356. The molecule has 0 radical (unpaired) electrons. The van der Waals surface area contributed by atoms with Crippen LogP contribution in [0.1, 0.15) is 36.8 Å². The standard InChI is InChI=1S/C26H27F3N4O4/c1-2-17-3-11-21(12-4-17)36-15-23(34)30-19-7-9-20(10-8-19)31-24(35)16-37-22-13-5-18(6-14-22)25(32-33-25)26(27,28)29/h1,3-6,11-14,19-20,32-33H,7-10,15-16H2,(H,30,34)(H,31,35). The largest absolute Gasteiger partial charge is 0.484 e. The van der Waals surface area contributed by atoms with E-state index >= 15 is 0 Å². The first kappa shape index (κ1) is 26.3. The van der Waals surface area contributed by atoms with Crippen LogP contribution in [0.15, 0.2) is 48.5 Å². The highest BCUT2D eigenvalue weighted by Gasteiger charge is 2.65. The van der Waals surface area contributed by atoms with Gasteiger partial charge in [-0.15, -0.1) is 6.42 Å². The van der Waals surface area contributed by atoms with Gasteiger partial charge in [0.2, 0.25) is 5.66 Å². The number of rotatable bonds is 9. The lowest BCUT2D eigenvalue weighted by atomic mass is 9.91. The molecule has 0 unspecified atom stereocenters. The van der Waals surface area contributed by atoms with E-state index in [1.54, 1.807) is 24.3 Å². The van der Waals surface area contributed by atoms with Crippen LogP contribution in [-0.4, -0.2) is 43.3 Å². The van der Waals surface area contributed by atoms with Crippen molar-refractivity contribution in [3.05, 3.63) is 59.7 Å². The second-order valence-electron chi connectivity index (χ2n) is 8.95. The minimum absolute atomic E-state index is 0.00160. The molecule has 0 bridgehead atoms. The number of ether oxygens (including phenoxy) is 2. The van der Waals surface area contributed by atoms with E-state index in [1.165, 1.54) is 24.3 Å². The predicted octanol–water partition coefficient (Wildman–Crippen LogP) is 2.49. The third-order valence-corrected chi connectivity index (χ3v) is 6.31. The van der Waals surface area contributed by atoms with Crippen LogP contribution >= 0.6 is 0 Å². The lowest BCUT2D eigenvalue weighted by molar-refractivity contribution is -0.165. The molecule has 196 valence electrons. The monoisotopic (exact) mass is 516 g/mol. The van der Waals surface area contributed by atoms with Gasteiger partial charge in [0.25, 0.3) is 11.8 Å². The van der Waals surface area contributed by atoms with Crippen molar-refractivity contribution >= 4 is 11.8 Å². The zero-order valence-corrected chi connectivity index (χ0v) is 19.9. The minimum atomic E-state index is -4.49.